The fourth-order valence-electron chi connectivity index (χ4n) is 2.49. The molecule has 0 aromatic carbocycles. The van der Waals surface area contributed by atoms with Gasteiger partial charge in [0.15, 0.2) is 5.15 Å². The normalized spacial score (nSPS) is 15.2. The van der Waals surface area contributed by atoms with Gasteiger partial charge in [-0.3, -0.25) is 4.90 Å². The van der Waals surface area contributed by atoms with Gasteiger partial charge in [-0.15, -0.1) is 0 Å². The minimum absolute atomic E-state index is 0.623. The van der Waals surface area contributed by atoms with Crippen molar-refractivity contribution < 1.29 is 0 Å². The summed E-state index contributed by atoms with van der Waals surface area (Å²) in [4.78, 5) is 10.3. The van der Waals surface area contributed by atoms with Gasteiger partial charge in [0.1, 0.15) is 5.82 Å². The van der Waals surface area contributed by atoms with E-state index in [-0.39, 0.29) is 0 Å². The molecule has 1 saturated carbocycles. The number of unbranched alkanes of at least 4 members (excludes halogenated alkanes) is 1. The summed E-state index contributed by atoms with van der Waals surface area (Å²) in [5, 5.41) is 4.09. The Hall–Kier alpha value is -0.580. The van der Waals surface area contributed by atoms with Gasteiger partial charge in [0, 0.05) is 32.1 Å². The number of hydrogen-bond acceptors (Lipinski definition) is 3. The lowest BCUT2D eigenvalue weighted by Crippen LogP contribution is -2.33. The molecule has 0 radical (unpaired) electrons. The maximum Gasteiger partial charge on any atom is 0.151 e. The third kappa shape index (κ3) is 4.76. The molecule has 0 saturated heterocycles. The summed E-state index contributed by atoms with van der Waals surface area (Å²) in [6.45, 7) is 8.48. The van der Waals surface area contributed by atoms with E-state index in [2.05, 4.69) is 34.0 Å². The van der Waals surface area contributed by atoms with Crippen LogP contribution in [0.4, 0.5) is 0 Å². The molecule has 1 aliphatic carbocycles. The minimum Gasteiger partial charge on any atom is -0.344 e. The molecule has 0 amide bonds. The van der Waals surface area contributed by atoms with Gasteiger partial charge in [0.25, 0.3) is 0 Å². The van der Waals surface area contributed by atoms with Gasteiger partial charge in [-0.1, -0.05) is 31.9 Å². The highest BCUT2D eigenvalue weighted by molar-refractivity contribution is 6.30. The van der Waals surface area contributed by atoms with Gasteiger partial charge in [-0.05, 0) is 25.8 Å². The molecular formula is C15H27ClN4. The quantitative estimate of drug-likeness (QED) is 0.653. The van der Waals surface area contributed by atoms with Crippen LogP contribution in [0, 0.1) is 0 Å². The van der Waals surface area contributed by atoms with Crippen LogP contribution >= 0.6 is 11.6 Å². The summed E-state index contributed by atoms with van der Waals surface area (Å²) >= 11 is 6.16. The van der Waals surface area contributed by atoms with Crippen molar-refractivity contribution in [2.45, 2.75) is 58.5 Å². The van der Waals surface area contributed by atoms with E-state index in [1.54, 1.807) is 0 Å². The number of aryl methyl sites for hydroxylation is 1. The van der Waals surface area contributed by atoms with Crippen molar-refractivity contribution in [2.24, 2.45) is 0 Å². The molecule has 114 valence electrons. The average molecular weight is 299 g/mol. The largest absolute Gasteiger partial charge is 0.344 e. The molecule has 1 aliphatic rings. The molecule has 1 aromatic rings. The number of nitrogens with one attached hydrogen (secondary N) is 2. The number of halogens is 1. The molecule has 20 heavy (non-hydrogen) atoms. The lowest BCUT2D eigenvalue weighted by atomic mass is 10.2. The second-order valence-electron chi connectivity index (χ2n) is 5.59. The highest BCUT2D eigenvalue weighted by Gasteiger charge is 2.26. The number of hydrogen-bond donors (Lipinski definition) is 2. The van der Waals surface area contributed by atoms with E-state index < -0.39 is 0 Å². The molecule has 2 rings (SSSR count). The summed E-state index contributed by atoms with van der Waals surface area (Å²) in [7, 11) is 0. The van der Waals surface area contributed by atoms with Gasteiger partial charge in [-0.2, -0.15) is 0 Å². The Morgan fingerprint density at radius 3 is 2.85 bits per heavy atom. The van der Waals surface area contributed by atoms with Gasteiger partial charge < -0.3 is 10.3 Å². The Labute approximate surface area is 127 Å². The van der Waals surface area contributed by atoms with E-state index in [1.165, 1.54) is 19.3 Å². The third-order valence-corrected chi connectivity index (χ3v) is 4.20. The number of imidazole rings is 1. The Balaban J connectivity index is 1.69. The second kappa shape index (κ2) is 8.01. The van der Waals surface area contributed by atoms with E-state index >= 15 is 0 Å². The predicted molar refractivity (Wildman–Crippen MR) is 84.2 cm³/mol. The minimum atomic E-state index is 0.623. The second-order valence-corrected chi connectivity index (χ2v) is 5.95. The Kier molecular flexibility index (Phi) is 6.33. The van der Waals surface area contributed by atoms with Crippen LogP contribution in [0.15, 0.2) is 0 Å². The summed E-state index contributed by atoms with van der Waals surface area (Å²) in [5.41, 5.74) is 1.02. The van der Waals surface area contributed by atoms with Crippen molar-refractivity contribution in [1.82, 2.24) is 20.2 Å². The van der Waals surface area contributed by atoms with E-state index in [1.807, 2.05) is 0 Å². The van der Waals surface area contributed by atoms with Crippen LogP contribution in [0.2, 0.25) is 5.15 Å². The average Bonchev–Trinajstić information content (AvgIpc) is 3.22. The zero-order valence-corrected chi connectivity index (χ0v) is 13.5. The lowest BCUT2D eigenvalue weighted by molar-refractivity contribution is 0.277. The highest BCUT2D eigenvalue weighted by Crippen LogP contribution is 2.25. The summed E-state index contributed by atoms with van der Waals surface area (Å²) in [5.74, 6) is 1.02. The van der Waals surface area contributed by atoms with Crippen LogP contribution in [-0.4, -0.2) is 40.5 Å². The van der Waals surface area contributed by atoms with Gasteiger partial charge in [0.2, 0.25) is 0 Å². The predicted octanol–water partition coefficient (Wildman–Crippen LogP) is 2.98. The molecule has 0 aliphatic heterocycles. The first-order chi connectivity index (χ1) is 9.74. The zero-order valence-electron chi connectivity index (χ0n) is 12.7. The number of aromatic amines is 1. The Bertz CT molecular complexity index is 401. The monoisotopic (exact) mass is 298 g/mol. The number of nitrogens with zero attached hydrogens (tertiary/aromatic N) is 2. The summed E-state index contributed by atoms with van der Waals surface area (Å²) in [6, 6.07) is 0.846. The van der Waals surface area contributed by atoms with Gasteiger partial charge in [-0.25, -0.2) is 4.98 Å². The van der Waals surface area contributed by atoms with Crippen molar-refractivity contribution in [3.8, 4) is 0 Å². The smallest absolute Gasteiger partial charge is 0.151 e. The number of H-pyrrole nitrogens is 1. The van der Waals surface area contributed by atoms with Crippen molar-refractivity contribution in [3.05, 3.63) is 16.7 Å². The molecule has 1 aromatic heterocycles. The van der Waals surface area contributed by atoms with Crippen molar-refractivity contribution in [1.29, 1.82) is 0 Å². The number of aromatic nitrogens is 2. The van der Waals surface area contributed by atoms with Gasteiger partial charge >= 0.3 is 0 Å². The lowest BCUT2D eigenvalue weighted by Gasteiger charge is -2.19. The zero-order chi connectivity index (χ0) is 14.4. The Morgan fingerprint density at radius 1 is 1.40 bits per heavy atom. The number of likely N-dealkylation sites (N-methyl/N-ethyl adjacent to an activating group) is 1. The standard InChI is InChI=1S/C15H27ClN4/c1-3-5-6-14-18-13(15(16)19-14)11-17-9-10-20(4-2)12-7-8-12/h12,17H,3-11H2,1-2H3,(H,18,19). The molecule has 5 heteroatoms. The van der Waals surface area contributed by atoms with Gasteiger partial charge in [0.05, 0.1) is 5.69 Å². The first kappa shape index (κ1) is 15.8. The van der Waals surface area contributed by atoms with Crippen molar-refractivity contribution in [2.75, 3.05) is 19.6 Å². The van der Waals surface area contributed by atoms with Crippen LogP contribution in [0.3, 0.4) is 0 Å². The number of rotatable bonds is 10. The molecule has 1 fully saturated rings. The molecule has 2 N–H and O–H groups in total. The van der Waals surface area contributed by atoms with Crippen LogP contribution in [0.1, 0.15) is 51.0 Å². The van der Waals surface area contributed by atoms with Crippen LogP contribution < -0.4 is 5.32 Å². The van der Waals surface area contributed by atoms with Crippen LogP contribution in [0.5, 0.6) is 0 Å². The maximum atomic E-state index is 6.16. The Morgan fingerprint density at radius 2 is 2.20 bits per heavy atom. The molecule has 0 spiro atoms. The molecule has 0 bridgehead atoms. The SMILES string of the molecule is CCCCc1nc(Cl)c(CNCCN(CC)C2CC2)[nH]1. The molecule has 0 unspecified atom stereocenters. The molecule has 4 nitrogen and oxygen atoms in total. The molecule has 1 heterocycles. The fourth-order valence-corrected chi connectivity index (χ4v) is 2.71. The van der Waals surface area contributed by atoms with Crippen molar-refractivity contribution >= 4 is 11.6 Å². The topological polar surface area (TPSA) is 44.0 Å². The van der Waals surface area contributed by atoms with Crippen LogP contribution in [-0.2, 0) is 13.0 Å². The first-order valence-corrected chi connectivity index (χ1v) is 8.30. The first-order valence-electron chi connectivity index (χ1n) is 7.92. The van der Waals surface area contributed by atoms with E-state index in [9.17, 15) is 0 Å². The summed E-state index contributed by atoms with van der Waals surface area (Å²) in [6.07, 6.45) is 6.08. The van der Waals surface area contributed by atoms with Crippen LogP contribution in [0.25, 0.3) is 0 Å². The van der Waals surface area contributed by atoms with Crippen molar-refractivity contribution in [3.63, 3.8) is 0 Å². The fraction of sp³-hybridized carbons (Fsp3) is 0.800. The summed E-state index contributed by atoms with van der Waals surface area (Å²) < 4.78 is 0. The maximum absolute atomic E-state index is 6.16. The van der Waals surface area contributed by atoms with E-state index in [0.717, 1.165) is 56.6 Å². The molecule has 0 atom stereocenters. The van der Waals surface area contributed by atoms with E-state index in [0.29, 0.717) is 5.15 Å². The third-order valence-electron chi connectivity index (χ3n) is 3.89. The molecular weight excluding hydrogens is 272 g/mol. The van der Waals surface area contributed by atoms with E-state index in [4.69, 9.17) is 11.6 Å². The highest BCUT2D eigenvalue weighted by atomic mass is 35.5.